The normalized spacial score (nSPS) is 19.0. The summed E-state index contributed by atoms with van der Waals surface area (Å²) in [5.74, 6) is -1.47. The number of nitrogen functional groups attached to an aromatic ring is 1. The van der Waals surface area contributed by atoms with Gasteiger partial charge in [0, 0.05) is 23.6 Å². The topological polar surface area (TPSA) is 96.4 Å². The minimum absolute atomic E-state index is 0.131. The van der Waals surface area contributed by atoms with Crippen LogP contribution in [-0.4, -0.2) is 39.6 Å². The van der Waals surface area contributed by atoms with Crippen LogP contribution in [0.25, 0.3) is 5.69 Å². The number of rotatable bonds is 5. The molecule has 5 rings (SSSR count). The number of nitrogens with one attached hydrogen (secondary N) is 1. The van der Waals surface area contributed by atoms with E-state index in [0.717, 1.165) is 18.2 Å². The molecule has 1 amide bonds. The zero-order valence-corrected chi connectivity index (χ0v) is 20.7. The number of nitrogens with two attached hydrogens (primary N) is 1. The highest BCUT2D eigenvalue weighted by Crippen LogP contribution is 2.45. The number of likely N-dealkylation sites (N-methyl/N-ethyl adjacent to an activating group) is 1. The van der Waals surface area contributed by atoms with Gasteiger partial charge < -0.3 is 21.1 Å². The Morgan fingerprint density at radius 3 is 2.38 bits per heavy atom. The summed E-state index contributed by atoms with van der Waals surface area (Å²) < 4.78 is 55.3. The van der Waals surface area contributed by atoms with Crippen LogP contribution in [0.3, 0.4) is 0 Å². The molecule has 0 spiro atoms. The first-order valence-electron chi connectivity index (χ1n) is 12.2. The van der Waals surface area contributed by atoms with Crippen molar-refractivity contribution in [3.63, 3.8) is 0 Å². The standard InChI is InChI=1S/C28H25F4N5O2/c1-2-36-26-22(24(33)35-37(26)20-9-4-3-5-10-20)21(16-11-13-19(29)14-12-16)23(27(36)39)34-25(38)17-7-6-8-18(15-17)28(30,31)32/h3-15,21,23,27,39H,2H2,1H3,(H2,33,35)(H,34,38)/t21-,23-,27?/m0/s1. The van der Waals surface area contributed by atoms with Crippen LogP contribution < -0.4 is 16.0 Å². The zero-order chi connectivity index (χ0) is 27.9. The lowest BCUT2D eigenvalue weighted by atomic mass is 9.81. The second kappa shape index (κ2) is 10.1. The van der Waals surface area contributed by atoms with Gasteiger partial charge in [0.05, 0.1) is 17.3 Å². The molecule has 0 fully saturated rings. The summed E-state index contributed by atoms with van der Waals surface area (Å²) in [5, 5.41) is 18.8. The van der Waals surface area contributed by atoms with E-state index >= 15 is 0 Å². The van der Waals surface area contributed by atoms with Crippen LogP contribution in [0.2, 0.25) is 0 Å². The molecule has 202 valence electrons. The van der Waals surface area contributed by atoms with Crippen molar-refractivity contribution < 1.29 is 27.5 Å². The lowest BCUT2D eigenvalue weighted by Crippen LogP contribution is -2.58. The number of alkyl halides is 3. The van der Waals surface area contributed by atoms with Crippen molar-refractivity contribution in [3.05, 3.63) is 107 Å². The van der Waals surface area contributed by atoms with Crippen molar-refractivity contribution >= 4 is 17.5 Å². The Bertz CT molecular complexity index is 1490. The molecule has 1 aliphatic rings. The van der Waals surface area contributed by atoms with Crippen LogP contribution in [-0.2, 0) is 6.18 Å². The van der Waals surface area contributed by atoms with Crippen LogP contribution in [0.15, 0.2) is 78.9 Å². The number of benzene rings is 3. The number of fused-ring (bicyclic) bond motifs is 1. The van der Waals surface area contributed by atoms with Gasteiger partial charge in [-0.15, -0.1) is 5.10 Å². The quantitative estimate of drug-likeness (QED) is 0.320. The maximum atomic E-state index is 13.9. The third-order valence-corrected chi connectivity index (χ3v) is 6.83. The first kappa shape index (κ1) is 26.2. The fourth-order valence-corrected chi connectivity index (χ4v) is 5.04. The maximum Gasteiger partial charge on any atom is 0.416 e. The number of halogens is 4. The number of aromatic nitrogens is 2. The summed E-state index contributed by atoms with van der Waals surface area (Å²) in [7, 11) is 0. The van der Waals surface area contributed by atoms with Crippen molar-refractivity contribution in [2.24, 2.45) is 0 Å². The summed E-state index contributed by atoms with van der Waals surface area (Å²) in [5.41, 5.74) is 6.94. The molecule has 1 unspecified atom stereocenters. The van der Waals surface area contributed by atoms with Crippen LogP contribution in [0, 0.1) is 5.82 Å². The Balaban J connectivity index is 1.64. The monoisotopic (exact) mass is 539 g/mol. The van der Waals surface area contributed by atoms with Gasteiger partial charge in [-0.1, -0.05) is 36.4 Å². The average Bonchev–Trinajstić information content (AvgIpc) is 3.26. The second-order valence-corrected chi connectivity index (χ2v) is 9.18. The smallest absolute Gasteiger partial charge is 0.382 e. The highest BCUT2D eigenvalue weighted by atomic mass is 19.4. The minimum atomic E-state index is -4.63. The first-order chi connectivity index (χ1) is 18.6. The van der Waals surface area contributed by atoms with Gasteiger partial charge in [0.25, 0.3) is 5.91 Å². The molecule has 0 saturated heterocycles. The number of hydrogen-bond acceptors (Lipinski definition) is 5. The molecular formula is C28H25F4N5O2. The molecule has 4 aromatic rings. The Morgan fingerprint density at radius 2 is 1.74 bits per heavy atom. The van der Waals surface area contributed by atoms with Gasteiger partial charge in [0.2, 0.25) is 0 Å². The van der Waals surface area contributed by atoms with Crippen molar-refractivity contribution in [1.82, 2.24) is 15.1 Å². The number of carbonyl (C=O) groups is 1. The van der Waals surface area contributed by atoms with E-state index in [0.29, 0.717) is 22.6 Å². The van der Waals surface area contributed by atoms with Crippen LogP contribution in [0.4, 0.5) is 29.2 Å². The molecule has 3 atom stereocenters. The van der Waals surface area contributed by atoms with Crippen LogP contribution in [0.5, 0.6) is 0 Å². The highest BCUT2D eigenvalue weighted by Gasteiger charge is 2.46. The third-order valence-electron chi connectivity index (χ3n) is 6.83. The van der Waals surface area contributed by atoms with Gasteiger partial charge in [0.1, 0.15) is 17.9 Å². The number of amides is 1. The number of para-hydroxylation sites is 1. The average molecular weight is 540 g/mol. The van der Waals surface area contributed by atoms with E-state index in [4.69, 9.17) is 5.73 Å². The first-order valence-corrected chi connectivity index (χ1v) is 12.2. The lowest BCUT2D eigenvalue weighted by Gasteiger charge is -2.44. The molecular weight excluding hydrogens is 514 g/mol. The Kier molecular flexibility index (Phi) is 6.77. The van der Waals surface area contributed by atoms with Gasteiger partial charge in [-0.05, 0) is 55.0 Å². The molecule has 0 saturated carbocycles. The van der Waals surface area contributed by atoms with Gasteiger partial charge in [-0.3, -0.25) is 4.79 Å². The largest absolute Gasteiger partial charge is 0.416 e. The SMILES string of the molecule is CCN1c2c(c(N)nn2-c2ccccc2)[C@H](c2ccc(F)cc2)[C@H](NC(=O)c2cccc(C(F)(F)F)c2)C1O. The van der Waals surface area contributed by atoms with Crippen molar-refractivity contribution in [1.29, 1.82) is 0 Å². The number of carbonyl (C=O) groups excluding carboxylic acids is 1. The highest BCUT2D eigenvalue weighted by molar-refractivity contribution is 5.95. The molecule has 0 bridgehead atoms. The molecule has 2 heterocycles. The van der Waals surface area contributed by atoms with Gasteiger partial charge >= 0.3 is 6.18 Å². The van der Waals surface area contributed by atoms with Gasteiger partial charge in [0.15, 0.2) is 5.82 Å². The number of nitrogens with zero attached hydrogens (tertiary/aromatic N) is 3. The van der Waals surface area contributed by atoms with Crippen molar-refractivity contribution in [2.45, 2.75) is 31.3 Å². The van der Waals surface area contributed by atoms with Gasteiger partial charge in [-0.25, -0.2) is 9.07 Å². The van der Waals surface area contributed by atoms with Crippen LogP contribution >= 0.6 is 0 Å². The van der Waals surface area contributed by atoms with Crippen molar-refractivity contribution in [3.8, 4) is 5.69 Å². The third kappa shape index (κ3) is 4.81. The second-order valence-electron chi connectivity index (χ2n) is 9.18. The summed E-state index contributed by atoms with van der Waals surface area (Å²) in [4.78, 5) is 14.9. The Labute approximate surface area is 221 Å². The molecule has 4 N–H and O–H groups in total. The number of aliphatic hydroxyl groups excluding tert-OH is 1. The fraction of sp³-hybridized carbons (Fsp3) is 0.214. The minimum Gasteiger partial charge on any atom is -0.382 e. The van der Waals surface area contributed by atoms with E-state index in [1.54, 1.807) is 16.5 Å². The molecule has 0 aliphatic carbocycles. The van der Waals surface area contributed by atoms with Gasteiger partial charge in [-0.2, -0.15) is 13.2 Å². The van der Waals surface area contributed by atoms with Crippen molar-refractivity contribution in [2.75, 3.05) is 17.2 Å². The predicted octanol–water partition coefficient (Wildman–Crippen LogP) is 4.70. The summed E-state index contributed by atoms with van der Waals surface area (Å²) in [6.45, 7) is 2.09. The van der Waals surface area contributed by atoms with E-state index in [1.807, 2.05) is 30.3 Å². The van der Waals surface area contributed by atoms with E-state index in [-0.39, 0.29) is 17.9 Å². The molecule has 7 nitrogen and oxygen atoms in total. The summed E-state index contributed by atoms with van der Waals surface area (Å²) in [6.07, 6.45) is -5.96. The predicted molar refractivity (Wildman–Crippen MR) is 138 cm³/mol. The van der Waals surface area contributed by atoms with E-state index in [1.165, 1.54) is 30.3 Å². The Hall–Kier alpha value is -4.38. The number of anilines is 2. The van der Waals surface area contributed by atoms with E-state index in [9.17, 15) is 27.5 Å². The van der Waals surface area contributed by atoms with Crippen LogP contribution in [0.1, 0.15) is 39.9 Å². The van der Waals surface area contributed by atoms with E-state index < -0.39 is 41.7 Å². The molecule has 0 radical (unpaired) electrons. The summed E-state index contributed by atoms with van der Waals surface area (Å²) in [6, 6.07) is 17.6. The molecule has 1 aromatic heterocycles. The summed E-state index contributed by atoms with van der Waals surface area (Å²) >= 11 is 0. The number of hydrogen-bond donors (Lipinski definition) is 3. The molecule has 1 aliphatic heterocycles. The molecule has 39 heavy (non-hydrogen) atoms. The number of aliphatic hydroxyl groups is 1. The lowest BCUT2D eigenvalue weighted by molar-refractivity contribution is -0.137. The molecule has 3 aromatic carbocycles. The Morgan fingerprint density at radius 1 is 1.05 bits per heavy atom. The fourth-order valence-electron chi connectivity index (χ4n) is 5.04. The molecule has 11 heteroatoms. The maximum absolute atomic E-state index is 13.9. The van der Waals surface area contributed by atoms with E-state index in [2.05, 4.69) is 10.4 Å². The zero-order valence-electron chi connectivity index (χ0n) is 20.7.